The standard InChI is InChI=1S/C11H19NO3/c1-4-8(2)6-12-7-9(13)5-10(12)11(14)15-3/h9-10,13H,2,4-7H2,1,3H3. The highest BCUT2D eigenvalue weighted by Gasteiger charge is 2.36. The fraction of sp³-hybridized carbons (Fsp3) is 0.727. The zero-order valence-corrected chi connectivity index (χ0v) is 9.40. The molecule has 0 aromatic heterocycles. The molecule has 0 saturated carbocycles. The third-order valence-electron chi connectivity index (χ3n) is 2.78. The second kappa shape index (κ2) is 5.28. The van der Waals surface area contributed by atoms with Crippen LogP contribution in [0.3, 0.4) is 0 Å². The summed E-state index contributed by atoms with van der Waals surface area (Å²) in [5, 5.41) is 9.52. The summed E-state index contributed by atoms with van der Waals surface area (Å²) in [6.45, 7) is 7.12. The van der Waals surface area contributed by atoms with Crippen molar-refractivity contribution in [1.82, 2.24) is 4.90 Å². The summed E-state index contributed by atoms with van der Waals surface area (Å²) >= 11 is 0. The Morgan fingerprint density at radius 1 is 1.67 bits per heavy atom. The van der Waals surface area contributed by atoms with Gasteiger partial charge in [0.1, 0.15) is 6.04 Å². The van der Waals surface area contributed by atoms with Crippen LogP contribution in [0, 0.1) is 0 Å². The largest absolute Gasteiger partial charge is 0.468 e. The SMILES string of the molecule is C=C(CC)CN1CC(O)CC1C(=O)OC. The summed E-state index contributed by atoms with van der Waals surface area (Å²) in [5.41, 5.74) is 1.07. The van der Waals surface area contributed by atoms with E-state index in [9.17, 15) is 9.90 Å². The van der Waals surface area contributed by atoms with E-state index in [1.165, 1.54) is 7.11 Å². The number of aliphatic hydroxyl groups excluding tert-OH is 1. The van der Waals surface area contributed by atoms with E-state index in [1.807, 2.05) is 11.8 Å². The molecule has 1 aliphatic heterocycles. The normalized spacial score (nSPS) is 26.6. The Morgan fingerprint density at radius 2 is 2.33 bits per heavy atom. The summed E-state index contributed by atoms with van der Waals surface area (Å²) in [6, 6.07) is -0.312. The van der Waals surface area contributed by atoms with Crippen molar-refractivity contribution in [3.8, 4) is 0 Å². The average Bonchev–Trinajstić information content (AvgIpc) is 2.58. The van der Waals surface area contributed by atoms with E-state index >= 15 is 0 Å². The van der Waals surface area contributed by atoms with Crippen molar-refractivity contribution in [2.75, 3.05) is 20.2 Å². The van der Waals surface area contributed by atoms with Gasteiger partial charge in [-0.2, -0.15) is 0 Å². The Labute approximate surface area is 90.5 Å². The summed E-state index contributed by atoms with van der Waals surface area (Å²) in [7, 11) is 1.37. The van der Waals surface area contributed by atoms with E-state index in [2.05, 4.69) is 6.58 Å². The molecule has 2 unspecified atom stereocenters. The van der Waals surface area contributed by atoms with Crippen molar-refractivity contribution in [3.05, 3.63) is 12.2 Å². The number of aliphatic hydroxyl groups is 1. The first kappa shape index (κ1) is 12.2. The molecule has 1 saturated heterocycles. The molecule has 0 aromatic carbocycles. The van der Waals surface area contributed by atoms with Crippen molar-refractivity contribution >= 4 is 5.97 Å². The van der Waals surface area contributed by atoms with Crippen LogP contribution in [0.1, 0.15) is 19.8 Å². The van der Waals surface area contributed by atoms with Gasteiger partial charge in [-0.1, -0.05) is 19.1 Å². The van der Waals surface area contributed by atoms with Gasteiger partial charge in [-0.05, 0) is 6.42 Å². The lowest BCUT2D eigenvalue weighted by atomic mass is 10.2. The number of likely N-dealkylation sites (tertiary alicyclic amines) is 1. The lowest BCUT2D eigenvalue weighted by molar-refractivity contribution is -0.145. The van der Waals surface area contributed by atoms with Crippen LogP contribution in [0.25, 0.3) is 0 Å². The van der Waals surface area contributed by atoms with E-state index < -0.39 is 6.10 Å². The maximum Gasteiger partial charge on any atom is 0.323 e. The fourth-order valence-electron chi connectivity index (χ4n) is 1.83. The van der Waals surface area contributed by atoms with Gasteiger partial charge in [-0.3, -0.25) is 9.69 Å². The zero-order valence-electron chi connectivity index (χ0n) is 9.40. The zero-order chi connectivity index (χ0) is 11.4. The Morgan fingerprint density at radius 3 is 2.87 bits per heavy atom. The van der Waals surface area contributed by atoms with Crippen LogP contribution in [-0.4, -0.2) is 48.3 Å². The average molecular weight is 213 g/mol. The van der Waals surface area contributed by atoms with Crippen LogP contribution in [0.2, 0.25) is 0 Å². The minimum atomic E-state index is -0.432. The number of carbonyl (C=O) groups is 1. The second-order valence-corrected chi connectivity index (χ2v) is 3.96. The molecule has 0 bridgehead atoms. The maximum atomic E-state index is 11.4. The highest BCUT2D eigenvalue weighted by molar-refractivity contribution is 5.76. The van der Waals surface area contributed by atoms with Crippen LogP contribution >= 0.6 is 0 Å². The number of ether oxygens (including phenoxy) is 1. The number of methoxy groups -OCH3 is 1. The molecule has 86 valence electrons. The van der Waals surface area contributed by atoms with Crippen LogP contribution in [0.4, 0.5) is 0 Å². The number of nitrogens with zero attached hydrogens (tertiary/aromatic N) is 1. The number of hydrogen-bond acceptors (Lipinski definition) is 4. The van der Waals surface area contributed by atoms with Crippen molar-refractivity contribution in [3.63, 3.8) is 0 Å². The number of rotatable bonds is 4. The van der Waals surface area contributed by atoms with E-state index in [1.54, 1.807) is 0 Å². The summed E-state index contributed by atoms with van der Waals surface area (Å²) < 4.78 is 4.71. The smallest absolute Gasteiger partial charge is 0.323 e. The number of esters is 1. The predicted molar refractivity (Wildman–Crippen MR) is 57.4 cm³/mol. The molecular weight excluding hydrogens is 194 g/mol. The van der Waals surface area contributed by atoms with Crippen LogP contribution in [0.5, 0.6) is 0 Å². The van der Waals surface area contributed by atoms with Crippen LogP contribution in [0.15, 0.2) is 12.2 Å². The van der Waals surface area contributed by atoms with Crippen LogP contribution in [-0.2, 0) is 9.53 Å². The molecule has 0 spiro atoms. The summed E-state index contributed by atoms with van der Waals surface area (Å²) in [6.07, 6.45) is 0.920. The molecule has 1 heterocycles. The monoisotopic (exact) mass is 213 g/mol. The van der Waals surface area contributed by atoms with Gasteiger partial charge in [-0.15, -0.1) is 0 Å². The van der Waals surface area contributed by atoms with E-state index in [-0.39, 0.29) is 12.0 Å². The molecule has 1 rings (SSSR count). The molecule has 0 aliphatic carbocycles. The fourth-order valence-corrected chi connectivity index (χ4v) is 1.83. The minimum Gasteiger partial charge on any atom is -0.468 e. The lowest BCUT2D eigenvalue weighted by Crippen LogP contribution is -2.37. The van der Waals surface area contributed by atoms with Gasteiger partial charge >= 0.3 is 5.97 Å². The first-order valence-corrected chi connectivity index (χ1v) is 5.25. The highest BCUT2D eigenvalue weighted by Crippen LogP contribution is 2.20. The van der Waals surface area contributed by atoms with Crippen molar-refractivity contribution < 1.29 is 14.6 Å². The topological polar surface area (TPSA) is 49.8 Å². The van der Waals surface area contributed by atoms with Crippen molar-refractivity contribution in [2.45, 2.75) is 31.9 Å². The maximum absolute atomic E-state index is 11.4. The molecule has 1 fully saturated rings. The lowest BCUT2D eigenvalue weighted by Gasteiger charge is -2.22. The number of β-amino-alcohol motifs (C(OH)–C–C–N with tert-alkyl or cyclic N) is 1. The summed E-state index contributed by atoms with van der Waals surface area (Å²) in [4.78, 5) is 13.4. The Balaban J connectivity index is 2.60. The first-order chi connectivity index (χ1) is 7.08. The Kier molecular flexibility index (Phi) is 4.29. The molecule has 1 N–H and O–H groups in total. The van der Waals surface area contributed by atoms with Gasteiger partial charge in [-0.25, -0.2) is 0 Å². The van der Waals surface area contributed by atoms with Crippen molar-refractivity contribution in [2.24, 2.45) is 0 Å². The highest BCUT2D eigenvalue weighted by atomic mass is 16.5. The quantitative estimate of drug-likeness (QED) is 0.547. The Bertz CT molecular complexity index is 252. The molecule has 4 heteroatoms. The molecule has 0 radical (unpaired) electrons. The second-order valence-electron chi connectivity index (χ2n) is 3.96. The van der Waals surface area contributed by atoms with Gasteiger partial charge in [0.15, 0.2) is 0 Å². The van der Waals surface area contributed by atoms with Crippen molar-refractivity contribution in [1.29, 1.82) is 0 Å². The Hall–Kier alpha value is -0.870. The van der Waals surface area contributed by atoms with Gasteiger partial charge in [0, 0.05) is 19.5 Å². The van der Waals surface area contributed by atoms with Gasteiger partial charge < -0.3 is 9.84 Å². The molecular formula is C11H19NO3. The van der Waals surface area contributed by atoms with E-state index in [0.717, 1.165) is 12.0 Å². The van der Waals surface area contributed by atoms with E-state index in [0.29, 0.717) is 19.5 Å². The molecule has 0 aromatic rings. The number of carbonyl (C=O) groups excluding carboxylic acids is 1. The molecule has 4 nitrogen and oxygen atoms in total. The van der Waals surface area contributed by atoms with Gasteiger partial charge in [0.25, 0.3) is 0 Å². The van der Waals surface area contributed by atoms with E-state index in [4.69, 9.17) is 4.74 Å². The first-order valence-electron chi connectivity index (χ1n) is 5.25. The predicted octanol–water partition coefficient (Wildman–Crippen LogP) is 0.561. The third-order valence-corrected chi connectivity index (χ3v) is 2.78. The van der Waals surface area contributed by atoms with Crippen LogP contribution < -0.4 is 0 Å². The minimum absolute atomic E-state index is 0.268. The van der Waals surface area contributed by atoms with Gasteiger partial charge in [0.2, 0.25) is 0 Å². The molecule has 1 aliphatic rings. The summed E-state index contributed by atoms with van der Waals surface area (Å²) in [5.74, 6) is -0.268. The van der Waals surface area contributed by atoms with Gasteiger partial charge in [0.05, 0.1) is 13.2 Å². The molecule has 2 atom stereocenters. The number of hydrogen-bond donors (Lipinski definition) is 1. The molecule has 0 amide bonds. The third kappa shape index (κ3) is 3.04. The molecule has 15 heavy (non-hydrogen) atoms.